The predicted octanol–water partition coefficient (Wildman–Crippen LogP) is 3.61. The second-order valence-electron chi connectivity index (χ2n) is 7.92. The monoisotopic (exact) mass is 426 g/mol. The van der Waals surface area contributed by atoms with Gasteiger partial charge in [-0.1, -0.05) is 43.5 Å². The topological polar surface area (TPSA) is 84.3 Å². The minimum absolute atomic E-state index is 0.265. The van der Waals surface area contributed by atoms with Crippen molar-refractivity contribution in [3.8, 4) is 5.69 Å². The highest BCUT2D eigenvalue weighted by atomic mass is 32.2. The fraction of sp³-hybridized carbons (Fsp3) is 0.364. The molecule has 1 fully saturated rings. The molecular weight excluding hydrogens is 400 g/mol. The molecule has 8 heteroatoms. The number of benzene rings is 2. The molecule has 0 radical (unpaired) electrons. The summed E-state index contributed by atoms with van der Waals surface area (Å²) in [5, 5.41) is 5.82. The van der Waals surface area contributed by atoms with E-state index in [2.05, 4.69) is 4.72 Å². The molecule has 0 atom stereocenters. The van der Waals surface area contributed by atoms with Gasteiger partial charge in [-0.15, -0.1) is 0 Å². The van der Waals surface area contributed by atoms with Crippen LogP contribution in [0.4, 0.5) is 0 Å². The van der Waals surface area contributed by atoms with Gasteiger partial charge in [-0.3, -0.25) is 4.79 Å². The third-order valence-corrected chi connectivity index (χ3v) is 7.07. The van der Waals surface area contributed by atoms with Gasteiger partial charge in [0.15, 0.2) is 0 Å². The fourth-order valence-electron chi connectivity index (χ4n) is 4.05. The molecular formula is C22H26N4O3S. The maximum absolute atomic E-state index is 12.5. The third kappa shape index (κ3) is 3.97. The summed E-state index contributed by atoms with van der Waals surface area (Å²) in [5.41, 5.74) is 3.11. The number of carbonyl (C=O) groups is 1. The first-order valence-corrected chi connectivity index (χ1v) is 11.6. The molecule has 1 N–H and O–H groups in total. The van der Waals surface area contributed by atoms with Crippen molar-refractivity contribution in [1.29, 1.82) is 0 Å². The summed E-state index contributed by atoms with van der Waals surface area (Å²) in [6.07, 6.45) is 5.91. The van der Waals surface area contributed by atoms with Crippen LogP contribution in [0.1, 0.15) is 54.1 Å². The van der Waals surface area contributed by atoms with Gasteiger partial charge >= 0.3 is 10.2 Å². The molecule has 1 aliphatic rings. The molecule has 30 heavy (non-hydrogen) atoms. The Morgan fingerprint density at radius 3 is 2.43 bits per heavy atom. The van der Waals surface area contributed by atoms with Gasteiger partial charge in [0.25, 0.3) is 5.91 Å². The molecule has 7 nitrogen and oxygen atoms in total. The van der Waals surface area contributed by atoms with E-state index >= 15 is 0 Å². The standard InChI is InChI=1S/C22H26N4O3S/c1-25(2)30(28,29)24-22(27)17-13-14-19-20(15-17)23-26(18-11-7-4-8-12-18)21(19)16-9-5-3-6-10-16/h4,7-8,11-16H,3,5-6,9-10H2,1-2H3,(H,24,27). The number of rotatable bonds is 5. The van der Waals surface area contributed by atoms with E-state index in [-0.39, 0.29) is 5.56 Å². The van der Waals surface area contributed by atoms with Gasteiger partial charge in [-0.25, -0.2) is 9.40 Å². The largest absolute Gasteiger partial charge is 0.303 e. The molecule has 0 saturated heterocycles. The van der Waals surface area contributed by atoms with E-state index < -0.39 is 16.1 Å². The van der Waals surface area contributed by atoms with Gasteiger partial charge in [0.05, 0.1) is 16.9 Å². The number of amides is 1. The number of para-hydroxylation sites is 1. The number of hydrogen-bond acceptors (Lipinski definition) is 4. The van der Waals surface area contributed by atoms with Crippen molar-refractivity contribution in [3.63, 3.8) is 0 Å². The Morgan fingerprint density at radius 2 is 1.77 bits per heavy atom. The SMILES string of the molecule is CN(C)S(=O)(=O)NC(=O)c1ccc2c(C3CCCCC3)n(-c3ccccc3)nc2c1. The summed E-state index contributed by atoms with van der Waals surface area (Å²) >= 11 is 0. The Bertz CT molecular complexity index is 1160. The molecule has 0 aliphatic heterocycles. The molecule has 4 rings (SSSR count). The van der Waals surface area contributed by atoms with Crippen LogP contribution in [0.5, 0.6) is 0 Å². The quantitative estimate of drug-likeness (QED) is 0.675. The summed E-state index contributed by atoms with van der Waals surface area (Å²) in [6.45, 7) is 0. The average Bonchev–Trinajstić information content (AvgIpc) is 3.13. The lowest BCUT2D eigenvalue weighted by Gasteiger charge is -2.23. The van der Waals surface area contributed by atoms with Crippen LogP contribution in [-0.4, -0.2) is 42.5 Å². The third-order valence-electron chi connectivity index (χ3n) is 5.67. The van der Waals surface area contributed by atoms with Crippen molar-refractivity contribution in [2.45, 2.75) is 38.0 Å². The summed E-state index contributed by atoms with van der Waals surface area (Å²) < 4.78 is 29.0. The first-order chi connectivity index (χ1) is 14.4. The molecule has 158 valence electrons. The Kier molecular flexibility index (Phi) is 5.62. The fourth-order valence-corrected chi connectivity index (χ4v) is 4.58. The van der Waals surface area contributed by atoms with Gasteiger partial charge in [0, 0.05) is 31.0 Å². The first kappa shape index (κ1) is 20.6. The lowest BCUT2D eigenvalue weighted by atomic mass is 9.85. The smallest absolute Gasteiger partial charge is 0.268 e. The van der Waals surface area contributed by atoms with Gasteiger partial charge < -0.3 is 0 Å². The Morgan fingerprint density at radius 1 is 1.07 bits per heavy atom. The molecule has 0 spiro atoms. The van der Waals surface area contributed by atoms with Crippen molar-refractivity contribution < 1.29 is 13.2 Å². The normalized spacial score (nSPS) is 15.6. The van der Waals surface area contributed by atoms with E-state index in [1.165, 1.54) is 39.1 Å². The van der Waals surface area contributed by atoms with Crippen molar-refractivity contribution in [2.24, 2.45) is 0 Å². The van der Waals surface area contributed by atoms with Crippen LogP contribution in [0.2, 0.25) is 0 Å². The minimum Gasteiger partial charge on any atom is -0.268 e. The summed E-state index contributed by atoms with van der Waals surface area (Å²) in [4.78, 5) is 12.5. The number of aromatic nitrogens is 2. The summed E-state index contributed by atoms with van der Waals surface area (Å²) in [5.74, 6) is -0.253. The number of hydrogen-bond donors (Lipinski definition) is 1. The van der Waals surface area contributed by atoms with Crippen LogP contribution in [0.25, 0.3) is 16.6 Å². The molecule has 1 saturated carbocycles. The van der Waals surface area contributed by atoms with Crippen LogP contribution < -0.4 is 4.72 Å². The molecule has 0 unspecified atom stereocenters. The Labute approximate surface area is 176 Å². The summed E-state index contributed by atoms with van der Waals surface area (Å²) in [7, 11) is -1.11. The molecule has 1 aromatic heterocycles. The van der Waals surface area contributed by atoms with Gasteiger partial charge in [-0.2, -0.15) is 17.8 Å². The molecule has 1 amide bonds. The van der Waals surface area contributed by atoms with Crippen LogP contribution in [0.15, 0.2) is 48.5 Å². The maximum Gasteiger partial charge on any atom is 0.303 e. The van der Waals surface area contributed by atoms with E-state index in [0.29, 0.717) is 11.4 Å². The predicted molar refractivity (Wildman–Crippen MR) is 117 cm³/mol. The van der Waals surface area contributed by atoms with Crippen LogP contribution in [0.3, 0.4) is 0 Å². The van der Waals surface area contributed by atoms with E-state index in [4.69, 9.17) is 5.10 Å². The van der Waals surface area contributed by atoms with Crippen molar-refractivity contribution in [3.05, 3.63) is 59.8 Å². The molecule has 3 aromatic rings. The van der Waals surface area contributed by atoms with Crippen molar-refractivity contribution in [1.82, 2.24) is 18.8 Å². The van der Waals surface area contributed by atoms with E-state index in [9.17, 15) is 13.2 Å². The van der Waals surface area contributed by atoms with Crippen LogP contribution >= 0.6 is 0 Å². The lowest BCUT2D eigenvalue weighted by molar-refractivity contribution is 0.0980. The second kappa shape index (κ2) is 8.20. The van der Waals surface area contributed by atoms with Gasteiger partial charge in [0.2, 0.25) is 0 Å². The second-order valence-corrected chi connectivity index (χ2v) is 9.80. The molecule has 0 bridgehead atoms. The van der Waals surface area contributed by atoms with E-state index in [1.54, 1.807) is 12.1 Å². The van der Waals surface area contributed by atoms with E-state index in [0.717, 1.165) is 28.2 Å². The maximum atomic E-state index is 12.5. The zero-order valence-corrected chi connectivity index (χ0v) is 18.0. The minimum atomic E-state index is -3.85. The average molecular weight is 427 g/mol. The lowest BCUT2D eigenvalue weighted by Crippen LogP contribution is -2.39. The highest BCUT2D eigenvalue weighted by Crippen LogP contribution is 2.37. The van der Waals surface area contributed by atoms with Crippen molar-refractivity contribution in [2.75, 3.05) is 14.1 Å². The number of nitrogens with zero attached hydrogens (tertiary/aromatic N) is 3. The highest BCUT2D eigenvalue weighted by Gasteiger charge is 2.25. The van der Waals surface area contributed by atoms with Crippen LogP contribution in [-0.2, 0) is 10.2 Å². The highest BCUT2D eigenvalue weighted by molar-refractivity contribution is 7.87. The first-order valence-electron chi connectivity index (χ1n) is 10.2. The van der Waals surface area contributed by atoms with Crippen LogP contribution in [0, 0.1) is 0 Å². The van der Waals surface area contributed by atoms with E-state index in [1.807, 2.05) is 41.1 Å². The zero-order chi connectivity index (χ0) is 21.3. The summed E-state index contributed by atoms with van der Waals surface area (Å²) in [6, 6.07) is 15.2. The zero-order valence-electron chi connectivity index (χ0n) is 17.2. The van der Waals surface area contributed by atoms with Gasteiger partial charge in [0.1, 0.15) is 0 Å². The molecule has 2 aromatic carbocycles. The number of nitrogens with one attached hydrogen (secondary N) is 1. The number of carbonyl (C=O) groups excluding carboxylic acids is 1. The Balaban J connectivity index is 1.78. The number of fused-ring (bicyclic) bond motifs is 1. The van der Waals surface area contributed by atoms with Gasteiger partial charge in [-0.05, 0) is 37.1 Å². The van der Waals surface area contributed by atoms with Crippen molar-refractivity contribution >= 4 is 27.0 Å². The Hall–Kier alpha value is -2.71. The molecule has 1 heterocycles. The molecule has 1 aliphatic carbocycles.